The van der Waals surface area contributed by atoms with Crippen molar-refractivity contribution in [2.45, 2.75) is 13.1 Å². The van der Waals surface area contributed by atoms with Gasteiger partial charge in [-0.2, -0.15) is 0 Å². The predicted octanol–water partition coefficient (Wildman–Crippen LogP) is 3.77. The Hall–Kier alpha value is -3.25. The molecule has 6 nitrogen and oxygen atoms in total. The summed E-state index contributed by atoms with van der Waals surface area (Å²) in [6.45, 7) is 1.09. The third kappa shape index (κ3) is 4.35. The van der Waals surface area contributed by atoms with Gasteiger partial charge in [0.1, 0.15) is 5.75 Å². The van der Waals surface area contributed by atoms with E-state index in [1.165, 1.54) is 0 Å². The smallest absolute Gasteiger partial charge is 0.203 e. The monoisotopic (exact) mass is 380 g/mol. The van der Waals surface area contributed by atoms with Crippen molar-refractivity contribution in [3.8, 4) is 34.1 Å². The van der Waals surface area contributed by atoms with E-state index in [1.807, 2.05) is 36.4 Å². The van der Waals surface area contributed by atoms with Crippen molar-refractivity contribution >= 4 is 0 Å². The Morgan fingerprint density at radius 1 is 0.893 bits per heavy atom. The van der Waals surface area contributed by atoms with Gasteiger partial charge in [-0.15, -0.1) is 0 Å². The van der Waals surface area contributed by atoms with Gasteiger partial charge in [-0.25, -0.2) is 0 Å². The molecule has 0 radical (unpaired) electrons. The quantitative estimate of drug-likeness (QED) is 0.620. The zero-order valence-corrected chi connectivity index (χ0v) is 16.2. The summed E-state index contributed by atoms with van der Waals surface area (Å²) in [4.78, 5) is 4.15. The molecule has 1 aromatic heterocycles. The SMILES string of the molecule is COc1cc(CNCc2cc(-c3cccnc3)ccc2O)cc(OC)c1OC. The number of phenolic OH excluding ortho intramolecular Hbond substituents is 1. The minimum absolute atomic E-state index is 0.255. The molecular formula is C22H24N2O4. The molecule has 2 N–H and O–H groups in total. The molecule has 3 aromatic rings. The predicted molar refractivity (Wildman–Crippen MR) is 108 cm³/mol. The fourth-order valence-electron chi connectivity index (χ4n) is 3.02. The molecule has 0 aliphatic carbocycles. The highest BCUT2D eigenvalue weighted by molar-refractivity contribution is 5.64. The van der Waals surface area contributed by atoms with Gasteiger partial charge >= 0.3 is 0 Å². The maximum Gasteiger partial charge on any atom is 0.203 e. The van der Waals surface area contributed by atoms with Crippen LogP contribution in [0.2, 0.25) is 0 Å². The summed E-state index contributed by atoms with van der Waals surface area (Å²) in [5, 5.41) is 13.5. The van der Waals surface area contributed by atoms with Crippen LogP contribution in [0.4, 0.5) is 0 Å². The molecule has 0 aliphatic rings. The van der Waals surface area contributed by atoms with Crippen LogP contribution in [-0.2, 0) is 13.1 Å². The second kappa shape index (κ2) is 9.10. The summed E-state index contributed by atoms with van der Waals surface area (Å²) < 4.78 is 16.1. The van der Waals surface area contributed by atoms with Crippen LogP contribution in [0.5, 0.6) is 23.0 Å². The van der Waals surface area contributed by atoms with E-state index in [9.17, 15) is 5.11 Å². The molecule has 0 fully saturated rings. The van der Waals surface area contributed by atoms with Crippen molar-refractivity contribution in [2.24, 2.45) is 0 Å². The van der Waals surface area contributed by atoms with Crippen molar-refractivity contribution in [3.63, 3.8) is 0 Å². The second-order valence-electron chi connectivity index (χ2n) is 6.22. The number of ether oxygens (including phenoxy) is 3. The first-order chi connectivity index (χ1) is 13.7. The number of methoxy groups -OCH3 is 3. The maximum absolute atomic E-state index is 10.2. The summed E-state index contributed by atoms with van der Waals surface area (Å²) in [7, 11) is 4.77. The highest BCUT2D eigenvalue weighted by Crippen LogP contribution is 2.38. The molecule has 0 amide bonds. The van der Waals surface area contributed by atoms with Gasteiger partial charge in [-0.05, 0) is 41.5 Å². The van der Waals surface area contributed by atoms with Crippen molar-refractivity contribution in [1.29, 1.82) is 0 Å². The number of pyridine rings is 1. The second-order valence-corrected chi connectivity index (χ2v) is 6.22. The molecular weight excluding hydrogens is 356 g/mol. The Balaban J connectivity index is 1.73. The minimum atomic E-state index is 0.255. The van der Waals surface area contributed by atoms with E-state index in [-0.39, 0.29) is 5.75 Å². The zero-order valence-electron chi connectivity index (χ0n) is 16.2. The average Bonchev–Trinajstić information content (AvgIpc) is 2.74. The first kappa shape index (κ1) is 19.5. The van der Waals surface area contributed by atoms with Gasteiger partial charge in [-0.1, -0.05) is 12.1 Å². The lowest BCUT2D eigenvalue weighted by atomic mass is 10.0. The number of aromatic nitrogens is 1. The highest BCUT2D eigenvalue weighted by atomic mass is 16.5. The number of phenols is 1. The summed E-state index contributed by atoms with van der Waals surface area (Å²) >= 11 is 0. The lowest BCUT2D eigenvalue weighted by Crippen LogP contribution is -2.13. The third-order valence-corrected chi connectivity index (χ3v) is 4.44. The van der Waals surface area contributed by atoms with Crippen LogP contribution in [0.1, 0.15) is 11.1 Å². The first-order valence-electron chi connectivity index (χ1n) is 8.88. The summed E-state index contributed by atoms with van der Waals surface area (Å²) in [6.07, 6.45) is 3.54. The molecule has 2 aromatic carbocycles. The van der Waals surface area contributed by atoms with E-state index >= 15 is 0 Å². The molecule has 0 unspecified atom stereocenters. The van der Waals surface area contributed by atoms with Gasteiger partial charge in [0.15, 0.2) is 11.5 Å². The Morgan fingerprint density at radius 2 is 1.64 bits per heavy atom. The van der Waals surface area contributed by atoms with Gasteiger partial charge in [0, 0.05) is 36.6 Å². The van der Waals surface area contributed by atoms with Crippen LogP contribution in [0.3, 0.4) is 0 Å². The molecule has 6 heteroatoms. The topological polar surface area (TPSA) is 72.8 Å². The lowest BCUT2D eigenvalue weighted by Gasteiger charge is -2.15. The fraction of sp³-hybridized carbons (Fsp3) is 0.227. The van der Waals surface area contributed by atoms with Crippen molar-refractivity contribution in [3.05, 3.63) is 66.0 Å². The number of benzene rings is 2. The largest absolute Gasteiger partial charge is 0.508 e. The molecule has 1 heterocycles. The van der Waals surface area contributed by atoms with E-state index < -0.39 is 0 Å². The number of hydrogen-bond donors (Lipinski definition) is 2. The standard InChI is InChI=1S/C22H24N2O4/c1-26-20-9-15(10-21(27-2)22(20)28-3)12-24-14-18-11-16(6-7-19(18)25)17-5-4-8-23-13-17/h4-11,13,24-25H,12,14H2,1-3H3. The maximum atomic E-state index is 10.2. The Kier molecular flexibility index (Phi) is 6.34. The normalized spacial score (nSPS) is 10.5. The number of nitrogens with zero attached hydrogens (tertiary/aromatic N) is 1. The van der Waals surface area contributed by atoms with E-state index in [2.05, 4.69) is 10.3 Å². The highest BCUT2D eigenvalue weighted by Gasteiger charge is 2.13. The lowest BCUT2D eigenvalue weighted by molar-refractivity contribution is 0.323. The van der Waals surface area contributed by atoms with Crippen LogP contribution in [-0.4, -0.2) is 31.4 Å². The molecule has 0 saturated carbocycles. The summed E-state index contributed by atoms with van der Waals surface area (Å²) in [5.74, 6) is 2.04. The Morgan fingerprint density at radius 3 is 2.25 bits per heavy atom. The third-order valence-electron chi connectivity index (χ3n) is 4.44. The van der Waals surface area contributed by atoms with Crippen LogP contribution in [0.15, 0.2) is 54.9 Å². The molecule has 3 rings (SSSR count). The molecule has 28 heavy (non-hydrogen) atoms. The number of rotatable bonds is 8. The van der Waals surface area contributed by atoms with Crippen LogP contribution >= 0.6 is 0 Å². The zero-order chi connectivity index (χ0) is 19.9. The van der Waals surface area contributed by atoms with Crippen molar-refractivity contribution in [1.82, 2.24) is 10.3 Å². The molecule has 0 saturated heterocycles. The van der Waals surface area contributed by atoms with Crippen LogP contribution in [0.25, 0.3) is 11.1 Å². The molecule has 146 valence electrons. The van der Waals surface area contributed by atoms with Gasteiger partial charge in [-0.3, -0.25) is 4.98 Å². The first-order valence-corrected chi connectivity index (χ1v) is 8.88. The molecule has 0 bridgehead atoms. The van der Waals surface area contributed by atoms with Crippen LogP contribution in [0, 0.1) is 0 Å². The summed E-state index contributed by atoms with van der Waals surface area (Å²) in [5.41, 5.74) is 3.81. The van der Waals surface area contributed by atoms with Crippen molar-refractivity contribution < 1.29 is 19.3 Å². The number of hydrogen-bond acceptors (Lipinski definition) is 6. The van der Waals surface area contributed by atoms with E-state index in [0.29, 0.717) is 30.3 Å². The average molecular weight is 380 g/mol. The van der Waals surface area contributed by atoms with Gasteiger partial charge in [0.25, 0.3) is 0 Å². The van der Waals surface area contributed by atoms with E-state index in [0.717, 1.165) is 22.3 Å². The number of nitrogens with one attached hydrogen (secondary N) is 1. The van der Waals surface area contributed by atoms with Crippen LogP contribution < -0.4 is 19.5 Å². The Bertz CT molecular complexity index is 904. The van der Waals surface area contributed by atoms with Gasteiger partial charge in [0.2, 0.25) is 5.75 Å². The van der Waals surface area contributed by atoms with Gasteiger partial charge in [0.05, 0.1) is 21.3 Å². The van der Waals surface area contributed by atoms with Gasteiger partial charge < -0.3 is 24.6 Å². The fourth-order valence-corrected chi connectivity index (χ4v) is 3.02. The minimum Gasteiger partial charge on any atom is -0.508 e. The molecule has 0 aliphatic heterocycles. The van der Waals surface area contributed by atoms with Crippen molar-refractivity contribution in [2.75, 3.05) is 21.3 Å². The van der Waals surface area contributed by atoms with E-state index in [4.69, 9.17) is 14.2 Å². The number of aromatic hydroxyl groups is 1. The van der Waals surface area contributed by atoms with E-state index in [1.54, 1.807) is 39.8 Å². The molecule has 0 atom stereocenters. The Labute approximate surface area is 164 Å². The molecule has 0 spiro atoms. The summed E-state index contributed by atoms with van der Waals surface area (Å²) in [6, 6.07) is 13.2.